The van der Waals surface area contributed by atoms with Crippen molar-refractivity contribution in [1.82, 2.24) is 10.2 Å². The molecule has 3 aliphatic heterocycles. The molecule has 2 fully saturated rings. The average Bonchev–Trinajstić information content (AvgIpc) is 3.70. The van der Waals surface area contributed by atoms with Crippen LogP contribution in [0.1, 0.15) is 31.4 Å². The number of carbonyl (C=O) groups excluding carboxylic acids is 1. The zero-order valence-electron chi connectivity index (χ0n) is 24.1. The summed E-state index contributed by atoms with van der Waals surface area (Å²) in [6.07, 6.45) is -1.08. The number of hydrogen-bond donors (Lipinski definition) is 2. The van der Waals surface area contributed by atoms with Crippen molar-refractivity contribution in [3.05, 3.63) is 53.6 Å². The summed E-state index contributed by atoms with van der Waals surface area (Å²) in [5.41, 5.74) is 1.93. The highest BCUT2D eigenvalue weighted by atomic mass is 16.7. The van der Waals surface area contributed by atoms with Crippen LogP contribution in [0, 0.1) is 23.2 Å². The van der Waals surface area contributed by atoms with E-state index in [2.05, 4.69) is 24.1 Å². The second-order valence-corrected chi connectivity index (χ2v) is 11.4. The van der Waals surface area contributed by atoms with Crippen LogP contribution < -0.4 is 19.5 Å². The maximum Gasteiger partial charge on any atom is 0.407 e. The van der Waals surface area contributed by atoms with Gasteiger partial charge in [-0.2, -0.15) is 5.26 Å². The van der Waals surface area contributed by atoms with Crippen LogP contribution in [0.15, 0.2) is 42.5 Å². The van der Waals surface area contributed by atoms with Crippen molar-refractivity contribution in [2.45, 2.75) is 57.8 Å². The molecule has 0 aromatic heterocycles. The fraction of sp³-hybridized carbons (Fsp3) is 0.548. The van der Waals surface area contributed by atoms with Gasteiger partial charge >= 0.3 is 6.09 Å². The zero-order chi connectivity index (χ0) is 29.5. The third-order valence-electron chi connectivity index (χ3n) is 7.61. The van der Waals surface area contributed by atoms with Crippen LogP contribution in [-0.4, -0.2) is 80.3 Å². The number of benzene rings is 2. The quantitative estimate of drug-likeness (QED) is 0.363. The molecule has 1 amide bonds. The molecule has 5 rings (SSSR count). The fourth-order valence-corrected chi connectivity index (χ4v) is 5.65. The van der Waals surface area contributed by atoms with Gasteiger partial charge in [0.1, 0.15) is 17.9 Å². The van der Waals surface area contributed by atoms with E-state index in [-0.39, 0.29) is 32.2 Å². The van der Waals surface area contributed by atoms with Gasteiger partial charge < -0.3 is 38.8 Å². The first-order valence-electron chi connectivity index (χ1n) is 14.5. The van der Waals surface area contributed by atoms with E-state index in [0.29, 0.717) is 43.5 Å². The summed E-state index contributed by atoms with van der Waals surface area (Å²) < 4.78 is 33.3. The molecule has 11 nitrogen and oxygen atoms in total. The van der Waals surface area contributed by atoms with E-state index in [9.17, 15) is 9.90 Å². The van der Waals surface area contributed by atoms with Crippen LogP contribution in [0.4, 0.5) is 4.79 Å². The third kappa shape index (κ3) is 7.83. The topological polar surface area (TPSA) is 132 Å². The van der Waals surface area contributed by atoms with Gasteiger partial charge in [0.25, 0.3) is 0 Å². The first-order valence-corrected chi connectivity index (χ1v) is 14.5. The van der Waals surface area contributed by atoms with Gasteiger partial charge in [-0.3, -0.25) is 4.90 Å². The Balaban J connectivity index is 1.27. The molecule has 226 valence electrons. The molecule has 2 aromatic carbocycles. The van der Waals surface area contributed by atoms with Crippen LogP contribution in [0.25, 0.3) is 0 Å². The predicted octanol–water partition coefficient (Wildman–Crippen LogP) is 3.24. The van der Waals surface area contributed by atoms with Gasteiger partial charge in [-0.25, -0.2) is 4.79 Å². The molecule has 2 aromatic rings. The molecule has 5 atom stereocenters. The molecule has 2 saturated heterocycles. The number of hydrogen-bond acceptors (Lipinski definition) is 10. The Morgan fingerprint density at radius 1 is 1.12 bits per heavy atom. The number of rotatable bonds is 13. The standard InChI is InChI=1S/C31H39N3O8/c1-20(2)15-34(16-22-5-8-27-28(14-22)41-19-40-27)17-26(35)25(13-21-3-6-23(7-4-21)37-12-10-32)33-31(36)42-29-18-39-30-24(29)9-11-38-30/h3-8,14,20,24-26,29-30,35H,9,11-13,15-19H2,1-2H3,(H,33,36). The highest BCUT2D eigenvalue weighted by Gasteiger charge is 2.44. The van der Waals surface area contributed by atoms with E-state index < -0.39 is 24.3 Å². The summed E-state index contributed by atoms with van der Waals surface area (Å²) >= 11 is 0. The predicted molar refractivity (Wildman–Crippen MR) is 151 cm³/mol. The van der Waals surface area contributed by atoms with Crippen molar-refractivity contribution in [2.24, 2.45) is 11.8 Å². The molecule has 3 aliphatic rings. The molecule has 0 spiro atoms. The van der Waals surface area contributed by atoms with E-state index >= 15 is 0 Å². The number of alkyl carbamates (subject to hydrolysis) is 1. The lowest BCUT2D eigenvalue weighted by molar-refractivity contribution is -0.0907. The first-order chi connectivity index (χ1) is 20.4. The van der Waals surface area contributed by atoms with Crippen molar-refractivity contribution < 1.29 is 38.3 Å². The van der Waals surface area contributed by atoms with E-state index in [1.165, 1.54) is 0 Å². The summed E-state index contributed by atoms with van der Waals surface area (Å²) in [4.78, 5) is 15.3. The molecular formula is C31H39N3O8. The number of nitriles is 1. The van der Waals surface area contributed by atoms with Gasteiger partial charge in [-0.15, -0.1) is 0 Å². The molecule has 3 heterocycles. The summed E-state index contributed by atoms with van der Waals surface area (Å²) in [7, 11) is 0. The zero-order valence-corrected chi connectivity index (χ0v) is 24.1. The number of amides is 1. The number of carbonyl (C=O) groups is 1. The Morgan fingerprint density at radius 3 is 2.69 bits per heavy atom. The second-order valence-electron chi connectivity index (χ2n) is 11.4. The minimum absolute atomic E-state index is 0.0170. The minimum atomic E-state index is -0.901. The molecule has 42 heavy (non-hydrogen) atoms. The molecule has 0 aliphatic carbocycles. The van der Waals surface area contributed by atoms with Crippen molar-refractivity contribution in [3.63, 3.8) is 0 Å². The maximum atomic E-state index is 13.1. The summed E-state index contributed by atoms with van der Waals surface area (Å²) in [6.45, 7) is 6.97. The highest BCUT2D eigenvalue weighted by Crippen LogP contribution is 2.34. The summed E-state index contributed by atoms with van der Waals surface area (Å²) in [6, 6.07) is 14.5. The van der Waals surface area contributed by atoms with Gasteiger partial charge in [-0.1, -0.05) is 32.0 Å². The SMILES string of the molecule is CC(C)CN(Cc1ccc2c(c1)OCO2)CC(O)C(Cc1ccc(OCC#N)cc1)NC(=O)OC1COC2OCCC12. The smallest absolute Gasteiger partial charge is 0.407 e. The van der Waals surface area contributed by atoms with Gasteiger partial charge in [0.15, 0.2) is 24.4 Å². The maximum absolute atomic E-state index is 13.1. The van der Waals surface area contributed by atoms with Crippen LogP contribution in [0.3, 0.4) is 0 Å². The molecular weight excluding hydrogens is 542 g/mol. The van der Waals surface area contributed by atoms with Crippen molar-refractivity contribution in [2.75, 3.05) is 39.7 Å². The Hall–Kier alpha value is -3.56. The Labute approximate surface area is 246 Å². The van der Waals surface area contributed by atoms with E-state index in [1.54, 1.807) is 12.1 Å². The first kappa shape index (κ1) is 29.9. The van der Waals surface area contributed by atoms with Crippen LogP contribution >= 0.6 is 0 Å². The minimum Gasteiger partial charge on any atom is -0.479 e. The normalized spacial score (nSPS) is 22.0. The number of aliphatic hydroxyl groups excluding tert-OH is 1. The molecule has 0 saturated carbocycles. The van der Waals surface area contributed by atoms with E-state index in [0.717, 1.165) is 29.8 Å². The van der Waals surface area contributed by atoms with Crippen molar-refractivity contribution in [1.29, 1.82) is 5.26 Å². The number of nitrogens with zero attached hydrogens (tertiary/aromatic N) is 2. The van der Waals surface area contributed by atoms with Gasteiger partial charge in [0.2, 0.25) is 6.79 Å². The Kier molecular flexibility index (Phi) is 10.0. The lowest BCUT2D eigenvalue weighted by Gasteiger charge is -2.31. The second kappa shape index (κ2) is 14.1. The van der Waals surface area contributed by atoms with E-state index in [4.69, 9.17) is 33.7 Å². The number of aliphatic hydroxyl groups is 1. The number of nitrogens with one attached hydrogen (secondary N) is 1. The third-order valence-corrected chi connectivity index (χ3v) is 7.61. The summed E-state index contributed by atoms with van der Waals surface area (Å²) in [5, 5.41) is 23.3. The largest absolute Gasteiger partial charge is 0.479 e. The summed E-state index contributed by atoms with van der Waals surface area (Å²) in [5.74, 6) is 2.39. The van der Waals surface area contributed by atoms with Gasteiger partial charge in [-0.05, 0) is 54.2 Å². The van der Waals surface area contributed by atoms with Gasteiger partial charge in [0.05, 0.1) is 31.3 Å². The van der Waals surface area contributed by atoms with E-state index in [1.807, 2.05) is 36.4 Å². The molecule has 11 heteroatoms. The average molecular weight is 582 g/mol. The molecule has 0 bridgehead atoms. The molecule has 5 unspecified atom stereocenters. The van der Waals surface area contributed by atoms with Crippen LogP contribution in [0.2, 0.25) is 0 Å². The number of ether oxygens (including phenoxy) is 6. The van der Waals surface area contributed by atoms with Gasteiger partial charge in [0, 0.05) is 19.6 Å². The highest BCUT2D eigenvalue weighted by molar-refractivity contribution is 5.68. The van der Waals surface area contributed by atoms with Crippen molar-refractivity contribution in [3.8, 4) is 23.3 Å². The van der Waals surface area contributed by atoms with Crippen LogP contribution in [0.5, 0.6) is 17.2 Å². The van der Waals surface area contributed by atoms with Crippen LogP contribution in [-0.2, 0) is 27.2 Å². The fourth-order valence-electron chi connectivity index (χ4n) is 5.65. The monoisotopic (exact) mass is 581 g/mol. The molecule has 2 N–H and O–H groups in total. The Morgan fingerprint density at radius 2 is 1.90 bits per heavy atom. The lowest BCUT2D eigenvalue weighted by Crippen LogP contribution is -2.50. The lowest BCUT2D eigenvalue weighted by atomic mass is 10.00. The Bertz CT molecular complexity index is 1230. The number of fused-ring (bicyclic) bond motifs is 2. The van der Waals surface area contributed by atoms with Crippen molar-refractivity contribution >= 4 is 6.09 Å². The molecule has 0 radical (unpaired) electrons.